The molecule has 0 saturated carbocycles. The lowest BCUT2D eigenvalue weighted by Gasteiger charge is -2.21. The Morgan fingerprint density at radius 3 is 1.46 bits per heavy atom. The first-order chi connectivity index (χ1) is 23.3. The van der Waals surface area contributed by atoms with Gasteiger partial charge in [0.2, 0.25) is 5.91 Å². The Bertz CT molecular complexity index is 940. The number of allylic oxidation sites excluding steroid dienone is 7. The van der Waals surface area contributed by atoms with Crippen LogP contribution in [0.25, 0.3) is 0 Å². The Labute approximate surface area is 297 Å². The second-order valence-electron chi connectivity index (χ2n) is 13.5. The van der Waals surface area contributed by atoms with Crippen LogP contribution in [0.2, 0.25) is 0 Å². The molecule has 0 aromatic carbocycles. The number of aliphatic hydroxyl groups is 1. The van der Waals surface area contributed by atoms with E-state index in [1.54, 1.807) is 6.08 Å². The van der Waals surface area contributed by atoms with E-state index in [2.05, 4.69) is 55.6 Å². The lowest BCUT2D eigenvalue weighted by Crippen LogP contribution is -2.46. The molecule has 48 heavy (non-hydrogen) atoms. The number of aliphatic hydroxyl groups excluding tert-OH is 1. The normalized spacial score (nSPS) is 13.8. The fraction of sp³-hybridized carbons (Fsp3) is 0.780. The van der Waals surface area contributed by atoms with Crippen molar-refractivity contribution in [2.24, 2.45) is 0 Å². The number of nitrogens with one attached hydrogen (secondary N) is 1. The lowest BCUT2D eigenvalue weighted by atomic mass is 10.0. The predicted octanol–water partition coefficient (Wildman–Crippen LogP) is 11.5. The molecule has 0 rings (SSSR count). The van der Waals surface area contributed by atoms with Crippen LogP contribution in [-0.2, 0) is 14.9 Å². The van der Waals surface area contributed by atoms with Gasteiger partial charge in [-0.1, -0.05) is 165 Å². The summed E-state index contributed by atoms with van der Waals surface area (Å²) in [5.41, 5.74) is 0. The standard InChI is InChI=1S/C41H75NO5S/c1-3-5-7-9-11-13-15-16-17-18-19-20-21-22-23-24-25-26-27-29-31-33-35-37-41(44)42-39(38-48(45,46)47)40(43)36-34-32-30-28-14-12-10-8-6-4-2/h14-16,18-19,28,34,36,39-40,43H,3-13,17,20-27,29-33,35,37-38H2,1-2H3,(H,42,44)(H,45,46,47)/b16-15-,19-18-,28-14+,36-34+. The van der Waals surface area contributed by atoms with E-state index in [1.165, 1.54) is 128 Å². The van der Waals surface area contributed by atoms with Gasteiger partial charge in [0.05, 0.1) is 17.9 Å². The number of rotatable bonds is 35. The van der Waals surface area contributed by atoms with E-state index in [-0.39, 0.29) is 12.3 Å². The Balaban J connectivity index is 3.86. The molecule has 0 radical (unpaired) electrons. The smallest absolute Gasteiger partial charge is 0.267 e. The second-order valence-corrected chi connectivity index (χ2v) is 15.0. The third kappa shape index (κ3) is 35.6. The van der Waals surface area contributed by atoms with Crippen molar-refractivity contribution in [3.63, 3.8) is 0 Å². The number of unbranched alkanes of at least 4 members (excludes halogenated alkanes) is 21. The molecule has 2 unspecified atom stereocenters. The zero-order chi connectivity index (χ0) is 35.4. The van der Waals surface area contributed by atoms with Crippen LogP contribution >= 0.6 is 0 Å². The summed E-state index contributed by atoms with van der Waals surface area (Å²) in [6, 6.07) is -1.07. The summed E-state index contributed by atoms with van der Waals surface area (Å²) in [6.45, 7) is 4.46. The van der Waals surface area contributed by atoms with Gasteiger partial charge in [0.1, 0.15) is 0 Å². The topological polar surface area (TPSA) is 104 Å². The second kappa shape index (κ2) is 35.1. The average molecular weight is 694 g/mol. The Hall–Kier alpha value is -1.70. The number of hydrogen-bond donors (Lipinski definition) is 3. The minimum atomic E-state index is -4.35. The van der Waals surface area contributed by atoms with E-state index in [4.69, 9.17) is 0 Å². The highest BCUT2D eigenvalue weighted by atomic mass is 32.2. The SMILES string of the molecule is CCCCCC/C=C/CC/C=C/C(O)C(CS(=O)(=O)O)NC(=O)CCCCCCCCCCCCC/C=C\C/C=C\CCCCCCC. The van der Waals surface area contributed by atoms with Crippen molar-refractivity contribution in [2.45, 2.75) is 199 Å². The summed E-state index contributed by atoms with van der Waals surface area (Å²) < 4.78 is 32.3. The molecule has 0 fully saturated rings. The first-order valence-corrected chi connectivity index (χ1v) is 21.4. The minimum Gasteiger partial charge on any atom is -0.387 e. The van der Waals surface area contributed by atoms with Crippen molar-refractivity contribution in [3.05, 3.63) is 48.6 Å². The van der Waals surface area contributed by atoms with Crippen molar-refractivity contribution in [1.29, 1.82) is 0 Å². The van der Waals surface area contributed by atoms with Gasteiger partial charge in [-0.15, -0.1) is 0 Å². The number of hydrogen-bond acceptors (Lipinski definition) is 4. The summed E-state index contributed by atoms with van der Waals surface area (Å²) in [6.07, 6.45) is 46.8. The molecule has 0 aliphatic heterocycles. The molecule has 2 atom stereocenters. The molecule has 280 valence electrons. The van der Waals surface area contributed by atoms with E-state index in [9.17, 15) is 22.9 Å². The maximum absolute atomic E-state index is 12.5. The molecule has 0 aliphatic carbocycles. The molecule has 1 amide bonds. The quantitative estimate of drug-likeness (QED) is 0.0348. The van der Waals surface area contributed by atoms with E-state index >= 15 is 0 Å². The zero-order valence-corrected chi connectivity index (χ0v) is 31.9. The summed E-state index contributed by atoms with van der Waals surface area (Å²) in [4.78, 5) is 12.5. The number of carbonyl (C=O) groups is 1. The van der Waals surface area contributed by atoms with Crippen LogP contribution in [0.4, 0.5) is 0 Å². The maximum Gasteiger partial charge on any atom is 0.267 e. The largest absolute Gasteiger partial charge is 0.387 e. The Morgan fingerprint density at radius 1 is 0.562 bits per heavy atom. The van der Waals surface area contributed by atoms with E-state index in [0.29, 0.717) is 6.42 Å². The zero-order valence-electron chi connectivity index (χ0n) is 31.1. The van der Waals surface area contributed by atoms with Gasteiger partial charge in [-0.05, 0) is 64.2 Å². The molecule has 0 aliphatic rings. The molecular formula is C41H75NO5S. The highest BCUT2D eigenvalue weighted by Gasteiger charge is 2.24. The first-order valence-electron chi connectivity index (χ1n) is 19.8. The maximum atomic E-state index is 12.5. The van der Waals surface area contributed by atoms with Crippen LogP contribution in [0.1, 0.15) is 187 Å². The average Bonchev–Trinajstić information content (AvgIpc) is 3.05. The van der Waals surface area contributed by atoms with Gasteiger partial charge < -0.3 is 10.4 Å². The van der Waals surface area contributed by atoms with E-state index in [1.807, 2.05) is 0 Å². The summed E-state index contributed by atoms with van der Waals surface area (Å²) in [7, 11) is -4.35. The van der Waals surface area contributed by atoms with Crippen molar-refractivity contribution in [3.8, 4) is 0 Å². The number of amides is 1. The van der Waals surface area contributed by atoms with Crippen LogP contribution in [-0.4, -0.2) is 41.9 Å². The third-order valence-corrected chi connectivity index (χ3v) is 9.51. The minimum absolute atomic E-state index is 0.284. The summed E-state index contributed by atoms with van der Waals surface area (Å²) in [5.74, 6) is -1.01. The molecule has 0 bridgehead atoms. The van der Waals surface area contributed by atoms with Crippen molar-refractivity contribution in [1.82, 2.24) is 5.32 Å². The van der Waals surface area contributed by atoms with Gasteiger partial charge in [0.25, 0.3) is 10.1 Å². The van der Waals surface area contributed by atoms with Gasteiger partial charge in [-0.25, -0.2) is 0 Å². The molecule has 0 saturated heterocycles. The van der Waals surface area contributed by atoms with Crippen LogP contribution in [0.5, 0.6) is 0 Å². The van der Waals surface area contributed by atoms with Crippen molar-refractivity contribution < 1.29 is 22.9 Å². The van der Waals surface area contributed by atoms with Crippen molar-refractivity contribution >= 4 is 16.0 Å². The fourth-order valence-corrected chi connectivity index (χ4v) is 6.46. The molecular weight excluding hydrogens is 619 g/mol. The van der Waals surface area contributed by atoms with Gasteiger partial charge in [-0.2, -0.15) is 8.42 Å². The van der Waals surface area contributed by atoms with E-state index in [0.717, 1.165) is 38.5 Å². The van der Waals surface area contributed by atoms with Gasteiger partial charge in [0, 0.05) is 6.42 Å². The first kappa shape index (κ1) is 46.3. The monoisotopic (exact) mass is 694 g/mol. The van der Waals surface area contributed by atoms with Crippen LogP contribution in [0.3, 0.4) is 0 Å². The van der Waals surface area contributed by atoms with Gasteiger partial charge in [-0.3, -0.25) is 9.35 Å². The Kier molecular flexibility index (Phi) is 33.9. The third-order valence-electron chi connectivity index (χ3n) is 8.73. The van der Waals surface area contributed by atoms with Gasteiger partial charge in [0.15, 0.2) is 0 Å². The van der Waals surface area contributed by atoms with E-state index < -0.39 is 28.0 Å². The summed E-state index contributed by atoms with van der Waals surface area (Å²) in [5, 5.41) is 13.1. The molecule has 0 spiro atoms. The molecule has 3 N–H and O–H groups in total. The molecule has 0 heterocycles. The molecule has 0 aromatic rings. The lowest BCUT2D eigenvalue weighted by molar-refractivity contribution is -0.122. The van der Waals surface area contributed by atoms with Crippen LogP contribution in [0, 0.1) is 0 Å². The van der Waals surface area contributed by atoms with Crippen LogP contribution < -0.4 is 5.32 Å². The highest BCUT2D eigenvalue weighted by Crippen LogP contribution is 2.13. The fourth-order valence-electron chi connectivity index (χ4n) is 5.73. The highest BCUT2D eigenvalue weighted by molar-refractivity contribution is 7.85. The van der Waals surface area contributed by atoms with Crippen LogP contribution in [0.15, 0.2) is 48.6 Å². The number of carbonyl (C=O) groups excluding carboxylic acids is 1. The Morgan fingerprint density at radius 2 is 0.958 bits per heavy atom. The summed E-state index contributed by atoms with van der Waals surface area (Å²) >= 11 is 0. The van der Waals surface area contributed by atoms with Gasteiger partial charge >= 0.3 is 0 Å². The van der Waals surface area contributed by atoms with Crippen molar-refractivity contribution in [2.75, 3.05) is 5.75 Å². The molecule has 0 aromatic heterocycles. The predicted molar refractivity (Wildman–Crippen MR) is 207 cm³/mol. The molecule has 6 nitrogen and oxygen atoms in total. The molecule has 7 heteroatoms.